The van der Waals surface area contributed by atoms with Gasteiger partial charge in [-0.3, -0.25) is 4.79 Å². The smallest absolute Gasteiger partial charge is 0.267 e. The fourth-order valence-corrected chi connectivity index (χ4v) is 3.56. The molecule has 1 N–H and O–H groups in total. The molecule has 1 amide bonds. The number of methoxy groups -OCH3 is 1. The Morgan fingerprint density at radius 3 is 2.96 bits per heavy atom. The maximum Gasteiger partial charge on any atom is 0.267 e. The van der Waals surface area contributed by atoms with E-state index in [-0.39, 0.29) is 5.91 Å². The van der Waals surface area contributed by atoms with Crippen LogP contribution in [-0.2, 0) is 12.8 Å². The minimum absolute atomic E-state index is 0.0475. The van der Waals surface area contributed by atoms with Gasteiger partial charge in [0.1, 0.15) is 17.2 Å². The summed E-state index contributed by atoms with van der Waals surface area (Å²) in [6.45, 7) is 0.662. The van der Waals surface area contributed by atoms with Crippen molar-refractivity contribution in [1.29, 1.82) is 0 Å². The number of thioether (sulfide) groups is 1. The van der Waals surface area contributed by atoms with Gasteiger partial charge in [0.25, 0.3) is 5.91 Å². The first-order chi connectivity index (χ1) is 12.2. The molecule has 0 bridgehead atoms. The Labute approximate surface area is 151 Å². The van der Waals surface area contributed by atoms with E-state index in [1.54, 1.807) is 25.1 Å². The van der Waals surface area contributed by atoms with Crippen molar-refractivity contribution in [2.24, 2.45) is 7.05 Å². The van der Waals surface area contributed by atoms with Crippen LogP contribution in [0.2, 0.25) is 0 Å². The third kappa shape index (κ3) is 4.20. The van der Waals surface area contributed by atoms with Crippen LogP contribution in [0.25, 0.3) is 10.9 Å². The molecular weight excluding hydrogens is 336 g/mol. The van der Waals surface area contributed by atoms with Crippen molar-refractivity contribution in [3.63, 3.8) is 0 Å². The van der Waals surface area contributed by atoms with Gasteiger partial charge in [0.2, 0.25) is 0 Å². The number of benzene rings is 1. The Kier molecular flexibility index (Phi) is 5.71. The summed E-state index contributed by atoms with van der Waals surface area (Å²) in [5.41, 5.74) is 1.67. The van der Waals surface area contributed by atoms with Crippen LogP contribution in [0.5, 0.6) is 5.75 Å². The number of aryl methyl sites for hydroxylation is 1. The summed E-state index contributed by atoms with van der Waals surface area (Å²) >= 11 is 1.81. The average molecular weight is 358 g/mol. The molecule has 0 aliphatic carbocycles. The highest BCUT2D eigenvalue weighted by atomic mass is 32.2. The number of fused-ring (bicyclic) bond motifs is 1. The van der Waals surface area contributed by atoms with Gasteiger partial charge in [-0.25, -0.2) is 0 Å². The lowest BCUT2D eigenvalue weighted by molar-refractivity contribution is 0.0946. The predicted octanol–water partition coefficient (Wildman–Crippen LogP) is 3.83. The number of ether oxygens (including phenoxy) is 1. The second-order valence-corrected chi connectivity index (χ2v) is 6.86. The number of hydrogen-bond acceptors (Lipinski definition) is 4. The zero-order chi connectivity index (χ0) is 17.6. The van der Waals surface area contributed by atoms with Crippen LogP contribution in [0.3, 0.4) is 0 Å². The number of rotatable bonds is 8. The SMILES string of the molecule is COc1ccc2c(c1)cc(C(=O)NCCCSCc1ccco1)n2C. The van der Waals surface area contributed by atoms with E-state index in [9.17, 15) is 4.79 Å². The molecule has 0 atom stereocenters. The van der Waals surface area contributed by atoms with Gasteiger partial charge in [-0.05, 0) is 48.6 Å². The van der Waals surface area contributed by atoms with Crippen LogP contribution in [-0.4, -0.2) is 29.9 Å². The van der Waals surface area contributed by atoms with Crippen LogP contribution in [0, 0.1) is 0 Å². The summed E-state index contributed by atoms with van der Waals surface area (Å²) in [5.74, 6) is 3.58. The molecule has 6 heteroatoms. The molecule has 5 nitrogen and oxygen atoms in total. The molecule has 2 aromatic heterocycles. The molecule has 3 aromatic rings. The molecule has 0 unspecified atom stereocenters. The highest BCUT2D eigenvalue weighted by molar-refractivity contribution is 7.98. The van der Waals surface area contributed by atoms with Gasteiger partial charge in [-0.1, -0.05) is 0 Å². The molecule has 0 aliphatic heterocycles. The maximum absolute atomic E-state index is 12.4. The standard InChI is InChI=1S/C19H22N2O3S/c1-21-17-7-6-15(23-2)11-14(17)12-18(21)19(22)20-8-4-10-25-13-16-5-3-9-24-16/h3,5-7,9,11-12H,4,8,10,13H2,1-2H3,(H,20,22). The van der Waals surface area contributed by atoms with Crippen LogP contribution >= 0.6 is 11.8 Å². The van der Waals surface area contributed by atoms with Gasteiger partial charge in [0.05, 0.1) is 19.1 Å². The van der Waals surface area contributed by atoms with Gasteiger partial charge in [-0.2, -0.15) is 11.8 Å². The molecule has 0 spiro atoms. The fraction of sp³-hybridized carbons (Fsp3) is 0.316. The van der Waals surface area contributed by atoms with Crippen molar-refractivity contribution in [3.05, 3.63) is 54.1 Å². The minimum atomic E-state index is -0.0475. The van der Waals surface area contributed by atoms with Crippen molar-refractivity contribution in [2.75, 3.05) is 19.4 Å². The van der Waals surface area contributed by atoms with Crippen LogP contribution < -0.4 is 10.1 Å². The molecular formula is C19H22N2O3S. The molecule has 132 valence electrons. The maximum atomic E-state index is 12.4. The Bertz CT molecular complexity index is 840. The summed E-state index contributed by atoms with van der Waals surface area (Å²) in [7, 11) is 3.55. The summed E-state index contributed by atoms with van der Waals surface area (Å²) in [4.78, 5) is 12.4. The summed E-state index contributed by atoms with van der Waals surface area (Å²) < 4.78 is 12.4. The molecule has 0 aliphatic rings. The average Bonchev–Trinajstić information content (AvgIpc) is 3.25. The number of nitrogens with zero attached hydrogens (tertiary/aromatic N) is 1. The second kappa shape index (κ2) is 8.16. The van der Waals surface area contributed by atoms with Crippen LogP contribution in [0.1, 0.15) is 22.7 Å². The molecule has 25 heavy (non-hydrogen) atoms. The van der Waals surface area contributed by atoms with Gasteiger partial charge in [-0.15, -0.1) is 0 Å². The number of amides is 1. The number of nitrogens with one attached hydrogen (secondary N) is 1. The third-order valence-corrected chi connectivity index (χ3v) is 5.12. The molecule has 3 rings (SSSR count). The van der Waals surface area contributed by atoms with Gasteiger partial charge in [0.15, 0.2) is 0 Å². The van der Waals surface area contributed by atoms with Gasteiger partial charge >= 0.3 is 0 Å². The lowest BCUT2D eigenvalue weighted by Crippen LogP contribution is -2.26. The molecule has 0 radical (unpaired) electrons. The summed E-state index contributed by atoms with van der Waals surface area (Å²) in [5, 5.41) is 4.00. The van der Waals surface area contributed by atoms with Gasteiger partial charge < -0.3 is 19.0 Å². The lowest BCUT2D eigenvalue weighted by Gasteiger charge is -2.06. The van der Waals surface area contributed by atoms with E-state index in [1.807, 2.05) is 48.0 Å². The van der Waals surface area contributed by atoms with E-state index in [2.05, 4.69) is 5.32 Å². The topological polar surface area (TPSA) is 56.4 Å². The molecule has 0 fully saturated rings. The fourth-order valence-electron chi connectivity index (χ4n) is 2.71. The van der Waals surface area contributed by atoms with E-state index in [0.29, 0.717) is 12.2 Å². The van der Waals surface area contributed by atoms with Crippen LogP contribution in [0.4, 0.5) is 0 Å². The van der Waals surface area contributed by atoms with Crippen molar-refractivity contribution in [3.8, 4) is 5.75 Å². The number of carbonyl (C=O) groups is 1. The van der Waals surface area contributed by atoms with Crippen molar-refractivity contribution in [2.45, 2.75) is 12.2 Å². The summed E-state index contributed by atoms with van der Waals surface area (Å²) in [6.07, 6.45) is 2.62. The molecule has 2 heterocycles. The quantitative estimate of drug-likeness (QED) is 0.622. The molecule has 0 saturated carbocycles. The third-order valence-electron chi connectivity index (χ3n) is 4.06. The Hall–Kier alpha value is -2.34. The lowest BCUT2D eigenvalue weighted by atomic mass is 10.2. The molecule has 1 aromatic carbocycles. The van der Waals surface area contributed by atoms with E-state index >= 15 is 0 Å². The van der Waals surface area contributed by atoms with Crippen molar-refractivity contribution >= 4 is 28.6 Å². The summed E-state index contributed by atoms with van der Waals surface area (Å²) in [6, 6.07) is 11.6. The highest BCUT2D eigenvalue weighted by Crippen LogP contribution is 2.23. The zero-order valence-electron chi connectivity index (χ0n) is 14.5. The number of furan rings is 1. The van der Waals surface area contributed by atoms with Gasteiger partial charge in [0, 0.05) is 24.5 Å². The predicted molar refractivity (Wildman–Crippen MR) is 101 cm³/mol. The minimum Gasteiger partial charge on any atom is -0.497 e. The Balaban J connectivity index is 1.49. The Morgan fingerprint density at radius 1 is 1.32 bits per heavy atom. The van der Waals surface area contributed by atoms with Crippen molar-refractivity contribution < 1.29 is 13.9 Å². The first-order valence-corrected chi connectivity index (χ1v) is 9.36. The van der Waals surface area contributed by atoms with Crippen LogP contribution in [0.15, 0.2) is 47.1 Å². The first-order valence-electron chi connectivity index (χ1n) is 8.21. The number of hydrogen-bond donors (Lipinski definition) is 1. The van der Waals surface area contributed by atoms with E-state index < -0.39 is 0 Å². The van der Waals surface area contributed by atoms with E-state index in [1.165, 1.54) is 0 Å². The normalized spacial score (nSPS) is 11.0. The van der Waals surface area contributed by atoms with E-state index in [0.717, 1.165) is 40.3 Å². The highest BCUT2D eigenvalue weighted by Gasteiger charge is 2.13. The van der Waals surface area contributed by atoms with Crippen molar-refractivity contribution in [1.82, 2.24) is 9.88 Å². The zero-order valence-corrected chi connectivity index (χ0v) is 15.3. The number of aromatic nitrogens is 1. The Morgan fingerprint density at radius 2 is 2.20 bits per heavy atom. The molecule has 0 saturated heterocycles. The largest absolute Gasteiger partial charge is 0.497 e. The van der Waals surface area contributed by atoms with E-state index in [4.69, 9.17) is 9.15 Å². The second-order valence-electron chi connectivity index (χ2n) is 5.75. The first kappa shape index (κ1) is 17.5. The number of carbonyl (C=O) groups excluding carboxylic acids is 1. The monoisotopic (exact) mass is 358 g/mol.